The first kappa shape index (κ1) is 12.9. The lowest BCUT2D eigenvalue weighted by molar-refractivity contribution is -0.139. The number of hydrogen-bond acceptors (Lipinski definition) is 2. The van der Waals surface area contributed by atoms with Crippen LogP contribution in [0.15, 0.2) is 6.20 Å². The zero-order chi connectivity index (χ0) is 12.4. The van der Waals surface area contributed by atoms with E-state index in [-0.39, 0.29) is 5.41 Å². The Morgan fingerprint density at radius 1 is 1.31 bits per heavy atom. The predicted octanol–water partition coefficient (Wildman–Crippen LogP) is 3.04. The van der Waals surface area contributed by atoms with Crippen molar-refractivity contribution in [3.63, 3.8) is 0 Å². The number of nitrogens with one attached hydrogen (secondary N) is 1. The first-order chi connectivity index (χ1) is 7.20. The van der Waals surface area contributed by atoms with Gasteiger partial charge >= 0.3 is 6.18 Å². The molecule has 0 radical (unpaired) electrons. The molecule has 0 aliphatic heterocycles. The Labute approximate surface area is 92.0 Å². The van der Waals surface area contributed by atoms with E-state index in [0.29, 0.717) is 5.88 Å². The molecule has 0 aliphatic carbocycles. The summed E-state index contributed by atoms with van der Waals surface area (Å²) in [6.45, 7) is 5.42. The summed E-state index contributed by atoms with van der Waals surface area (Å²) in [5, 5.41) is 6.33. The van der Waals surface area contributed by atoms with Gasteiger partial charge in [0.05, 0.1) is 19.2 Å². The van der Waals surface area contributed by atoms with Crippen LogP contribution in [0.3, 0.4) is 0 Å². The topological polar surface area (TPSA) is 37.9 Å². The first-order valence-electron chi connectivity index (χ1n) is 4.93. The van der Waals surface area contributed by atoms with Crippen molar-refractivity contribution in [3.05, 3.63) is 11.8 Å². The normalized spacial score (nSPS) is 12.9. The van der Waals surface area contributed by atoms with E-state index in [1.165, 1.54) is 0 Å². The summed E-state index contributed by atoms with van der Waals surface area (Å²) in [7, 11) is 0. The number of halogens is 3. The molecule has 1 rings (SSSR count). The van der Waals surface area contributed by atoms with E-state index in [1.54, 1.807) is 6.20 Å². The minimum absolute atomic E-state index is 0.208. The van der Waals surface area contributed by atoms with E-state index in [4.69, 9.17) is 4.74 Å². The predicted molar refractivity (Wildman–Crippen MR) is 53.5 cm³/mol. The van der Waals surface area contributed by atoms with Gasteiger partial charge in [-0.3, -0.25) is 0 Å². The number of aromatic nitrogens is 2. The van der Waals surface area contributed by atoms with Crippen molar-refractivity contribution < 1.29 is 17.9 Å². The Bertz CT molecular complexity index is 339. The van der Waals surface area contributed by atoms with Crippen LogP contribution in [-0.2, 0) is 5.41 Å². The van der Waals surface area contributed by atoms with Gasteiger partial charge in [0.1, 0.15) is 0 Å². The molecule has 0 atom stereocenters. The summed E-state index contributed by atoms with van der Waals surface area (Å²) in [5.41, 5.74) is 0.565. The molecule has 0 amide bonds. The van der Waals surface area contributed by atoms with Crippen LogP contribution in [0.1, 0.15) is 32.8 Å². The van der Waals surface area contributed by atoms with E-state index >= 15 is 0 Å². The summed E-state index contributed by atoms with van der Waals surface area (Å²) in [4.78, 5) is 0. The lowest BCUT2D eigenvalue weighted by Gasteiger charge is -2.18. The molecule has 0 aromatic carbocycles. The Balaban J connectivity index is 2.59. The Kier molecular flexibility index (Phi) is 3.50. The van der Waals surface area contributed by atoms with Gasteiger partial charge in [-0.25, -0.2) is 5.10 Å². The van der Waals surface area contributed by atoms with Crippen molar-refractivity contribution in [1.82, 2.24) is 10.2 Å². The third kappa shape index (κ3) is 3.75. The maximum Gasteiger partial charge on any atom is 0.392 e. The van der Waals surface area contributed by atoms with E-state index in [2.05, 4.69) is 10.2 Å². The highest BCUT2D eigenvalue weighted by atomic mass is 19.4. The lowest BCUT2D eigenvalue weighted by atomic mass is 9.89. The van der Waals surface area contributed by atoms with E-state index < -0.39 is 19.2 Å². The second-order valence-corrected chi connectivity index (χ2v) is 4.58. The van der Waals surface area contributed by atoms with Crippen molar-refractivity contribution in [2.45, 2.75) is 38.8 Å². The molecule has 1 aromatic rings. The molecule has 16 heavy (non-hydrogen) atoms. The minimum atomic E-state index is -4.19. The number of nitrogens with zero attached hydrogens (tertiary/aromatic N) is 1. The highest BCUT2D eigenvalue weighted by molar-refractivity contribution is 5.29. The van der Waals surface area contributed by atoms with Gasteiger partial charge in [-0.2, -0.15) is 18.3 Å². The third-order valence-electron chi connectivity index (χ3n) is 2.04. The maximum absolute atomic E-state index is 11.9. The summed E-state index contributed by atoms with van der Waals surface area (Å²) in [6, 6.07) is 0. The zero-order valence-electron chi connectivity index (χ0n) is 9.48. The van der Waals surface area contributed by atoms with Crippen molar-refractivity contribution in [1.29, 1.82) is 0 Å². The minimum Gasteiger partial charge on any atom is -0.477 e. The summed E-state index contributed by atoms with van der Waals surface area (Å²) < 4.78 is 40.8. The summed E-state index contributed by atoms with van der Waals surface area (Å²) >= 11 is 0. The van der Waals surface area contributed by atoms with Gasteiger partial charge in [0, 0.05) is 5.56 Å². The Morgan fingerprint density at radius 3 is 2.44 bits per heavy atom. The highest BCUT2D eigenvalue weighted by Crippen LogP contribution is 2.29. The molecule has 1 N–H and O–H groups in total. The second kappa shape index (κ2) is 4.35. The SMILES string of the molecule is CC(C)(C)c1cn[nH]c1OCCC(F)(F)F. The molecule has 92 valence electrons. The van der Waals surface area contributed by atoms with Crippen LogP contribution < -0.4 is 4.74 Å². The van der Waals surface area contributed by atoms with Crippen LogP contribution in [0.5, 0.6) is 5.88 Å². The quantitative estimate of drug-likeness (QED) is 0.875. The van der Waals surface area contributed by atoms with E-state index in [0.717, 1.165) is 5.56 Å². The van der Waals surface area contributed by atoms with Crippen molar-refractivity contribution in [2.24, 2.45) is 0 Å². The maximum atomic E-state index is 11.9. The standard InChI is InChI=1S/C10H15F3N2O/c1-9(2,3)7-6-14-15-8(7)16-5-4-10(11,12)13/h6H,4-5H2,1-3H3,(H,14,15). The molecule has 1 aromatic heterocycles. The number of hydrogen-bond donors (Lipinski definition) is 1. The first-order valence-corrected chi connectivity index (χ1v) is 4.93. The van der Waals surface area contributed by atoms with E-state index in [1.807, 2.05) is 20.8 Å². The van der Waals surface area contributed by atoms with Crippen LogP contribution in [-0.4, -0.2) is 23.0 Å². The van der Waals surface area contributed by atoms with Crippen LogP contribution in [0.4, 0.5) is 13.2 Å². The molecule has 0 saturated heterocycles. The van der Waals surface area contributed by atoms with Gasteiger partial charge in [0.2, 0.25) is 5.88 Å². The van der Waals surface area contributed by atoms with Crippen LogP contribution >= 0.6 is 0 Å². The molecular formula is C10H15F3N2O. The van der Waals surface area contributed by atoms with E-state index in [9.17, 15) is 13.2 Å². The smallest absolute Gasteiger partial charge is 0.392 e. The fourth-order valence-electron chi connectivity index (χ4n) is 1.19. The summed E-state index contributed by atoms with van der Waals surface area (Å²) in [6.07, 6.45) is -3.58. The molecule has 1 heterocycles. The monoisotopic (exact) mass is 236 g/mol. The number of alkyl halides is 3. The molecule has 0 unspecified atom stereocenters. The number of rotatable bonds is 3. The van der Waals surface area contributed by atoms with Gasteiger partial charge in [0.25, 0.3) is 0 Å². The number of ether oxygens (including phenoxy) is 1. The average molecular weight is 236 g/mol. The average Bonchev–Trinajstić information content (AvgIpc) is 2.48. The third-order valence-corrected chi connectivity index (χ3v) is 2.04. The molecule has 6 heteroatoms. The van der Waals surface area contributed by atoms with Gasteiger partial charge < -0.3 is 4.74 Å². The lowest BCUT2D eigenvalue weighted by Crippen LogP contribution is -2.16. The summed E-state index contributed by atoms with van der Waals surface area (Å²) in [5.74, 6) is 0.316. The Morgan fingerprint density at radius 2 is 1.94 bits per heavy atom. The molecular weight excluding hydrogens is 221 g/mol. The fourth-order valence-corrected chi connectivity index (χ4v) is 1.19. The molecule has 0 fully saturated rings. The van der Waals surface area contributed by atoms with Gasteiger partial charge in [-0.05, 0) is 5.41 Å². The van der Waals surface area contributed by atoms with Crippen LogP contribution in [0, 0.1) is 0 Å². The second-order valence-electron chi connectivity index (χ2n) is 4.58. The zero-order valence-corrected chi connectivity index (χ0v) is 9.48. The van der Waals surface area contributed by atoms with Gasteiger partial charge in [-0.15, -0.1) is 0 Å². The van der Waals surface area contributed by atoms with Crippen molar-refractivity contribution >= 4 is 0 Å². The fraction of sp³-hybridized carbons (Fsp3) is 0.700. The molecule has 3 nitrogen and oxygen atoms in total. The largest absolute Gasteiger partial charge is 0.477 e. The highest BCUT2D eigenvalue weighted by Gasteiger charge is 2.28. The number of H-pyrrole nitrogens is 1. The molecule has 0 spiro atoms. The van der Waals surface area contributed by atoms with Crippen molar-refractivity contribution in [2.75, 3.05) is 6.61 Å². The number of aromatic amines is 1. The van der Waals surface area contributed by atoms with Gasteiger partial charge in [-0.1, -0.05) is 20.8 Å². The van der Waals surface area contributed by atoms with Crippen molar-refractivity contribution in [3.8, 4) is 5.88 Å². The molecule has 0 bridgehead atoms. The molecule has 0 aliphatic rings. The van der Waals surface area contributed by atoms with Crippen LogP contribution in [0.2, 0.25) is 0 Å². The molecule has 0 saturated carbocycles. The van der Waals surface area contributed by atoms with Crippen LogP contribution in [0.25, 0.3) is 0 Å². The Hall–Kier alpha value is -1.20. The van der Waals surface area contributed by atoms with Gasteiger partial charge in [0.15, 0.2) is 0 Å².